The van der Waals surface area contributed by atoms with Crippen LogP contribution >= 0.6 is 0 Å². The van der Waals surface area contributed by atoms with Gasteiger partial charge in [-0.05, 0) is 32.6 Å². The van der Waals surface area contributed by atoms with Crippen molar-refractivity contribution in [2.24, 2.45) is 10.9 Å². The Hall–Kier alpha value is -0.770. The lowest BCUT2D eigenvalue weighted by molar-refractivity contribution is 0.0131. The highest BCUT2D eigenvalue weighted by atomic mass is 16.3. The zero-order valence-electron chi connectivity index (χ0n) is 13.0. The van der Waals surface area contributed by atoms with Gasteiger partial charge in [0.15, 0.2) is 5.96 Å². The van der Waals surface area contributed by atoms with Gasteiger partial charge in [-0.3, -0.25) is 4.99 Å². The Balaban J connectivity index is 2.56. The Morgan fingerprint density at radius 3 is 2.37 bits per heavy atom. The van der Waals surface area contributed by atoms with Gasteiger partial charge in [0, 0.05) is 12.6 Å². The van der Waals surface area contributed by atoms with Crippen molar-refractivity contribution in [3.05, 3.63) is 0 Å². The van der Waals surface area contributed by atoms with E-state index in [1.54, 1.807) is 0 Å². The lowest BCUT2D eigenvalue weighted by Crippen LogP contribution is -2.45. The topological polar surface area (TPSA) is 56.7 Å². The first-order chi connectivity index (χ1) is 8.97. The van der Waals surface area contributed by atoms with Crippen molar-refractivity contribution >= 4 is 5.96 Å². The molecule has 0 bridgehead atoms. The molecule has 0 aromatic rings. The minimum absolute atomic E-state index is 0.374. The Labute approximate surface area is 118 Å². The predicted molar refractivity (Wildman–Crippen MR) is 81.4 cm³/mol. The van der Waals surface area contributed by atoms with Crippen LogP contribution in [0.5, 0.6) is 0 Å². The van der Waals surface area contributed by atoms with E-state index in [-0.39, 0.29) is 0 Å². The van der Waals surface area contributed by atoms with Crippen molar-refractivity contribution in [1.29, 1.82) is 0 Å². The van der Waals surface area contributed by atoms with Crippen LogP contribution in [0.25, 0.3) is 0 Å². The van der Waals surface area contributed by atoms with Crippen LogP contribution in [0, 0.1) is 5.92 Å². The van der Waals surface area contributed by atoms with Crippen LogP contribution in [-0.2, 0) is 0 Å². The highest BCUT2D eigenvalue weighted by Crippen LogP contribution is 2.28. The van der Waals surface area contributed by atoms with E-state index >= 15 is 0 Å². The summed E-state index contributed by atoms with van der Waals surface area (Å²) in [6, 6.07) is 0.374. The van der Waals surface area contributed by atoms with Gasteiger partial charge in [0.2, 0.25) is 0 Å². The zero-order chi connectivity index (χ0) is 14.3. The number of nitrogens with zero attached hydrogens (tertiary/aromatic N) is 1. The summed E-state index contributed by atoms with van der Waals surface area (Å²) in [5, 5.41) is 17.1. The maximum absolute atomic E-state index is 10.5. The minimum Gasteiger partial charge on any atom is -0.388 e. The second-order valence-corrected chi connectivity index (χ2v) is 6.16. The summed E-state index contributed by atoms with van der Waals surface area (Å²) in [5.41, 5.74) is -0.582. The van der Waals surface area contributed by atoms with Gasteiger partial charge >= 0.3 is 0 Å². The third kappa shape index (κ3) is 5.81. The molecule has 1 rings (SSSR count). The zero-order valence-corrected chi connectivity index (χ0v) is 13.0. The normalized spacial score (nSPS) is 21.3. The molecule has 4 heteroatoms. The molecule has 1 unspecified atom stereocenters. The molecule has 19 heavy (non-hydrogen) atoms. The molecule has 1 atom stereocenters. The fourth-order valence-electron chi connectivity index (χ4n) is 2.30. The van der Waals surface area contributed by atoms with Gasteiger partial charge in [0.1, 0.15) is 0 Å². The molecule has 4 nitrogen and oxygen atoms in total. The van der Waals surface area contributed by atoms with Crippen LogP contribution in [0.3, 0.4) is 0 Å². The van der Waals surface area contributed by atoms with E-state index in [9.17, 15) is 5.11 Å². The largest absolute Gasteiger partial charge is 0.388 e. The smallest absolute Gasteiger partial charge is 0.191 e. The first kappa shape index (κ1) is 16.3. The second-order valence-electron chi connectivity index (χ2n) is 6.16. The molecular weight excluding hydrogens is 238 g/mol. The van der Waals surface area contributed by atoms with Crippen LogP contribution in [0.15, 0.2) is 4.99 Å². The van der Waals surface area contributed by atoms with Gasteiger partial charge in [-0.2, -0.15) is 0 Å². The Kier molecular flexibility index (Phi) is 6.63. The molecule has 0 amide bonds. The lowest BCUT2D eigenvalue weighted by Gasteiger charge is -2.31. The molecule has 0 aliphatic heterocycles. The molecule has 0 saturated heterocycles. The van der Waals surface area contributed by atoms with E-state index in [1.807, 2.05) is 0 Å². The summed E-state index contributed by atoms with van der Waals surface area (Å²) in [5.74, 6) is 1.38. The maximum Gasteiger partial charge on any atom is 0.191 e. The number of aliphatic imine (C=N–C) groups is 1. The van der Waals surface area contributed by atoms with E-state index in [4.69, 9.17) is 0 Å². The minimum atomic E-state index is -0.582. The first-order valence-corrected chi connectivity index (χ1v) is 7.74. The van der Waals surface area contributed by atoms with Crippen LogP contribution in [0.1, 0.15) is 59.8 Å². The highest BCUT2D eigenvalue weighted by molar-refractivity contribution is 5.80. The van der Waals surface area contributed by atoms with Gasteiger partial charge in [0.05, 0.1) is 12.1 Å². The van der Waals surface area contributed by atoms with Gasteiger partial charge in [-0.1, -0.05) is 33.1 Å². The number of aliphatic hydroxyl groups is 1. The van der Waals surface area contributed by atoms with E-state index in [2.05, 4.69) is 43.3 Å². The Morgan fingerprint density at radius 1 is 1.21 bits per heavy atom. The van der Waals surface area contributed by atoms with E-state index in [0.29, 0.717) is 18.5 Å². The van der Waals surface area contributed by atoms with E-state index < -0.39 is 5.60 Å². The van der Waals surface area contributed by atoms with Crippen LogP contribution < -0.4 is 10.6 Å². The molecular formula is C15H31N3O. The van der Waals surface area contributed by atoms with E-state index in [1.165, 1.54) is 6.42 Å². The molecule has 1 fully saturated rings. The SMILES string of the molecule is CCNC(=NCC1(O)CCCCC1)NC(C)C(C)C. The van der Waals surface area contributed by atoms with Gasteiger partial charge in [-0.25, -0.2) is 0 Å². The summed E-state index contributed by atoms with van der Waals surface area (Å²) in [6.07, 6.45) is 5.26. The summed E-state index contributed by atoms with van der Waals surface area (Å²) >= 11 is 0. The molecule has 0 radical (unpaired) electrons. The predicted octanol–water partition coefficient (Wildman–Crippen LogP) is 2.28. The molecule has 0 spiro atoms. The number of guanidine groups is 1. The van der Waals surface area contributed by atoms with Crippen LogP contribution in [-0.4, -0.2) is 35.8 Å². The fraction of sp³-hybridized carbons (Fsp3) is 0.933. The van der Waals surface area contributed by atoms with Crippen LogP contribution in [0.4, 0.5) is 0 Å². The number of rotatable bonds is 5. The highest BCUT2D eigenvalue weighted by Gasteiger charge is 2.28. The third-order valence-corrected chi connectivity index (χ3v) is 4.02. The number of hydrogen-bond acceptors (Lipinski definition) is 2. The molecule has 0 aromatic heterocycles. The molecule has 1 aliphatic rings. The van der Waals surface area contributed by atoms with E-state index in [0.717, 1.165) is 38.2 Å². The fourth-order valence-corrected chi connectivity index (χ4v) is 2.30. The molecule has 0 heterocycles. The van der Waals surface area contributed by atoms with Crippen molar-refractivity contribution in [3.8, 4) is 0 Å². The number of hydrogen-bond donors (Lipinski definition) is 3. The van der Waals surface area contributed by atoms with Gasteiger partial charge < -0.3 is 15.7 Å². The summed E-state index contributed by atoms with van der Waals surface area (Å²) in [4.78, 5) is 4.58. The van der Waals surface area contributed by atoms with Crippen molar-refractivity contribution in [3.63, 3.8) is 0 Å². The van der Waals surface area contributed by atoms with Gasteiger partial charge in [0.25, 0.3) is 0 Å². The molecule has 3 N–H and O–H groups in total. The van der Waals surface area contributed by atoms with Crippen molar-refractivity contribution < 1.29 is 5.11 Å². The maximum atomic E-state index is 10.5. The first-order valence-electron chi connectivity index (χ1n) is 7.74. The van der Waals surface area contributed by atoms with Crippen molar-refractivity contribution in [1.82, 2.24) is 10.6 Å². The third-order valence-electron chi connectivity index (χ3n) is 4.02. The Bertz CT molecular complexity index is 283. The Morgan fingerprint density at radius 2 is 1.84 bits per heavy atom. The van der Waals surface area contributed by atoms with Crippen molar-refractivity contribution in [2.45, 2.75) is 71.4 Å². The van der Waals surface area contributed by atoms with Gasteiger partial charge in [-0.15, -0.1) is 0 Å². The molecule has 1 saturated carbocycles. The van der Waals surface area contributed by atoms with Crippen molar-refractivity contribution in [2.75, 3.05) is 13.1 Å². The lowest BCUT2D eigenvalue weighted by atomic mass is 9.85. The monoisotopic (exact) mass is 269 g/mol. The summed E-state index contributed by atoms with van der Waals surface area (Å²) in [7, 11) is 0. The summed E-state index contributed by atoms with van der Waals surface area (Å²) in [6.45, 7) is 9.95. The average molecular weight is 269 g/mol. The van der Waals surface area contributed by atoms with Crippen LogP contribution in [0.2, 0.25) is 0 Å². The molecule has 112 valence electrons. The quantitative estimate of drug-likeness (QED) is 0.530. The summed E-state index contributed by atoms with van der Waals surface area (Å²) < 4.78 is 0. The molecule has 0 aromatic carbocycles. The molecule has 1 aliphatic carbocycles. The second kappa shape index (κ2) is 7.73. The standard InChI is InChI=1S/C15H31N3O/c1-5-16-14(18-13(4)12(2)3)17-11-15(19)9-7-6-8-10-15/h12-13,19H,5-11H2,1-4H3,(H2,16,17,18). The average Bonchev–Trinajstić information content (AvgIpc) is 2.37. The number of nitrogens with one attached hydrogen (secondary N) is 2.